The lowest BCUT2D eigenvalue weighted by molar-refractivity contribution is -0.142. The number of carbonyl (C=O) groups is 1. The first-order valence-corrected chi connectivity index (χ1v) is 9.07. The number of alkyl halides is 5. The predicted molar refractivity (Wildman–Crippen MR) is 97.6 cm³/mol. The van der Waals surface area contributed by atoms with Crippen LogP contribution in [0.3, 0.4) is 0 Å². The number of hydrogen-bond acceptors (Lipinski definition) is 5. The van der Waals surface area contributed by atoms with E-state index in [1.54, 1.807) is 0 Å². The molecule has 3 rings (SSSR count). The summed E-state index contributed by atoms with van der Waals surface area (Å²) in [5.74, 6) is -5.40. The van der Waals surface area contributed by atoms with Crippen LogP contribution in [0.25, 0.3) is 0 Å². The highest BCUT2D eigenvalue weighted by Crippen LogP contribution is 2.44. The standard InChI is InChI=1S/C18H15ClF6N4O2/c1-16(17(21,22)8-31-15(26)27-16)10-4-9(2-3-12(10)20)5-13(30)14-11(19)6-29(28-14)7-18(23,24)25/h2-4,6H,5,7-8H2,1H3,(H2,26,27)/t16-/m1/s1. The van der Waals surface area contributed by atoms with E-state index in [1.807, 2.05) is 0 Å². The molecular formula is C18H15ClF6N4O2. The molecule has 168 valence electrons. The summed E-state index contributed by atoms with van der Waals surface area (Å²) in [4.78, 5) is 16.1. The van der Waals surface area contributed by atoms with Crippen molar-refractivity contribution >= 4 is 23.4 Å². The number of ether oxygens (including phenoxy) is 1. The summed E-state index contributed by atoms with van der Waals surface area (Å²) in [6.45, 7) is -1.59. The fourth-order valence-corrected chi connectivity index (χ4v) is 3.33. The number of carbonyl (C=O) groups excluding carboxylic acids is 1. The van der Waals surface area contributed by atoms with Crippen molar-refractivity contribution in [2.45, 2.75) is 37.5 Å². The molecule has 13 heteroatoms. The van der Waals surface area contributed by atoms with Gasteiger partial charge < -0.3 is 10.5 Å². The average Bonchev–Trinajstić information content (AvgIpc) is 2.98. The number of halogens is 7. The second-order valence-corrected chi connectivity index (χ2v) is 7.48. The SMILES string of the molecule is C[C@]1(c2cc(CC(=O)c3nn(CC(F)(F)F)cc3Cl)ccc2F)N=C(N)OCC1(F)F. The van der Waals surface area contributed by atoms with Crippen LogP contribution >= 0.6 is 11.6 Å². The number of ketones is 1. The van der Waals surface area contributed by atoms with Crippen molar-refractivity contribution in [3.8, 4) is 0 Å². The number of Topliss-reactive ketones (excluding diaryl/α,β-unsaturated/α-hetero) is 1. The van der Waals surface area contributed by atoms with Crippen molar-refractivity contribution in [1.29, 1.82) is 0 Å². The normalized spacial score (nSPS) is 20.8. The van der Waals surface area contributed by atoms with Gasteiger partial charge in [-0.25, -0.2) is 9.38 Å². The molecule has 2 N–H and O–H groups in total. The smallest absolute Gasteiger partial charge is 0.408 e. The first-order chi connectivity index (χ1) is 14.2. The number of benzene rings is 1. The Labute approximate surface area is 176 Å². The van der Waals surface area contributed by atoms with Gasteiger partial charge in [0, 0.05) is 18.2 Å². The van der Waals surface area contributed by atoms with Gasteiger partial charge in [-0.05, 0) is 24.6 Å². The van der Waals surface area contributed by atoms with Gasteiger partial charge in [-0.2, -0.15) is 27.1 Å². The molecule has 31 heavy (non-hydrogen) atoms. The Morgan fingerprint density at radius 1 is 1.35 bits per heavy atom. The van der Waals surface area contributed by atoms with Gasteiger partial charge in [0.05, 0.1) is 5.02 Å². The summed E-state index contributed by atoms with van der Waals surface area (Å²) in [7, 11) is 0. The summed E-state index contributed by atoms with van der Waals surface area (Å²) in [6.07, 6.45) is -4.21. The van der Waals surface area contributed by atoms with E-state index in [-0.39, 0.29) is 10.6 Å². The van der Waals surface area contributed by atoms with E-state index >= 15 is 0 Å². The minimum absolute atomic E-state index is 0.0973. The van der Waals surface area contributed by atoms with Gasteiger partial charge in [0.2, 0.25) is 0 Å². The summed E-state index contributed by atoms with van der Waals surface area (Å²) >= 11 is 5.81. The second-order valence-electron chi connectivity index (χ2n) is 7.07. The predicted octanol–water partition coefficient (Wildman–Crippen LogP) is 3.86. The average molecular weight is 469 g/mol. The zero-order chi connectivity index (χ0) is 23.2. The van der Waals surface area contributed by atoms with Crippen LogP contribution in [0.5, 0.6) is 0 Å². The number of nitrogens with two attached hydrogens (primary N) is 1. The molecule has 2 aromatic rings. The molecule has 0 radical (unpaired) electrons. The quantitative estimate of drug-likeness (QED) is 0.533. The number of aliphatic imine (C=N–C) groups is 1. The Balaban J connectivity index is 1.91. The third-order valence-electron chi connectivity index (χ3n) is 4.69. The molecule has 1 atom stereocenters. The van der Waals surface area contributed by atoms with Crippen molar-refractivity contribution < 1.29 is 35.9 Å². The van der Waals surface area contributed by atoms with Crippen LogP contribution in [-0.4, -0.2) is 40.3 Å². The molecule has 0 bridgehead atoms. The molecule has 0 saturated heterocycles. The molecule has 0 saturated carbocycles. The van der Waals surface area contributed by atoms with E-state index in [4.69, 9.17) is 17.3 Å². The third kappa shape index (κ3) is 4.63. The lowest BCUT2D eigenvalue weighted by Crippen LogP contribution is -2.51. The molecule has 1 aliphatic rings. The summed E-state index contributed by atoms with van der Waals surface area (Å²) < 4.78 is 86.0. The molecule has 1 aromatic carbocycles. The molecule has 1 aliphatic heterocycles. The molecule has 1 aromatic heterocycles. The van der Waals surface area contributed by atoms with Crippen molar-refractivity contribution in [3.63, 3.8) is 0 Å². The number of amidine groups is 1. The van der Waals surface area contributed by atoms with Crippen molar-refractivity contribution in [2.24, 2.45) is 10.7 Å². The highest BCUT2D eigenvalue weighted by Gasteiger charge is 2.56. The Morgan fingerprint density at radius 2 is 2.03 bits per heavy atom. The van der Waals surface area contributed by atoms with E-state index in [2.05, 4.69) is 14.8 Å². The van der Waals surface area contributed by atoms with Gasteiger partial charge in [-0.15, -0.1) is 0 Å². The maximum atomic E-state index is 14.5. The largest absolute Gasteiger partial charge is 0.459 e. The monoisotopic (exact) mass is 468 g/mol. The maximum Gasteiger partial charge on any atom is 0.408 e. The highest BCUT2D eigenvalue weighted by molar-refractivity contribution is 6.33. The van der Waals surface area contributed by atoms with E-state index < -0.39 is 66.1 Å². The molecular weight excluding hydrogens is 454 g/mol. The van der Waals surface area contributed by atoms with Crippen LogP contribution in [0.15, 0.2) is 29.4 Å². The lowest BCUT2D eigenvalue weighted by atomic mass is 9.84. The Kier molecular flexibility index (Phi) is 5.72. The van der Waals surface area contributed by atoms with Crippen molar-refractivity contribution in [3.05, 3.63) is 52.1 Å². The molecule has 6 nitrogen and oxygen atoms in total. The van der Waals surface area contributed by atoms with E-state index in [0.29, 0.717) is 4.68 Å². The molecule has 0 amide bonds. The minimum atomic E-state index is -4.58. The Morgan fingerprint density at radius 3 is 2.68 bits per heavy atom. The van der Waals surface area contributed by atoms with E-state index in [0.717, 1.165) is 25.3 Å². The second kappa shape index (κ2) is 7.74. The van der Waals surface area contributed by atoms with E-state index in [9.17, 15) is 31.1 Å². The van der Waals surface area contributed by atoms with Crippen LogP contribution in [0.4, 0.5) is 26.3 Å². The first kappa shape index (κ1) is 22.9. The molecule has 2 heterocycles. The highest BCUT2D eigenvalue weighted by atomic mass is 35.5. The number of hydrogen-bond donors (Lipinski definition) is 1. The van der Waals surface area contributed by atoms with Gasteiger partial charge in [-0.1, -0.05) is 17.7 Å². The van der Waals surface area contributed by atoms with Gasteiger partial charge in [0.15, 0.2) is 17.9 Å². The van der Waals surface area contributed by atoms with Crippen LogP contribution in [0.2, 0.25) is 5.02 Å². The van der Waals surface area contributed by atoms with Gasteiger partial charge in [0.1, 0.15) is 18.1 Å². The first-order valence-electron chi connectivity index (χ1n) is 8.69. The number of rotatable bonds is 5. The van der Waals surface area contributed by atoms with Gasteiger partial charge in [0.25, 0.3) is 6.02 Å². The van der Waals surface area contributed by atoms with Gasteiger partial charge in [-0.3, -0.25) is 9.48 Å². The molecule has 0 fully saturated rings. The molecule has 0 unspecified atom stereocenters. The summed E-state index contributed by atoms with van der Waals surface area (Å²) in [6, 6.07) is 2.52. The van der Waals surface area contributed by atoms with Crippen LogP contribution in [0, 0.1) is 5.82 Å². The fraction of sp³-hybridized carbons (Fsp3) is 0.389. The zero-order valence-electron chi connectivity index (χ0n) is 15.8. The van der Waals surface area contributed by atoms with Crippen LogP contribution < -0.4 is 5.73 Å². The summed E-state index contributed by atoms with van der Waals surface area (Å²) in [5.41, 5.74) is 2.13. The van der Waals surface area contributed by atoms with Crippen molar-refractivity contribution in [1.82, 2.24) is 9.78 Å². The number of aromatic nitrogens is 2. The fourth-order valence-electron chi connectivity index (χ4n) is 3.07. The third-order valence-corrected chi connectivity index (χ3v) is 4.97. The van der Waals surface area contributed by atoms with Crippen LogP contribution in [0.1, 0.15) is 28.5 Å². The van der Waals surface area contributed by atoms with E-state index in [1.165, 1.54) is 6.07 Å². The Hall–Kier alpha value is -2.76. The van der Waals surface area contributed by atoms with Crippen LogP contribution in [-0.2, 0) is 23.2 Å². The lowest BCUT2D eigenvalue weighted by Gasteiger charge is -2.37. The molecule has 0 spiro atoms. The zero-order valence-corrected chi connectivity index (χ0v) is 16.6. The topological polar surface area (TPSA) is 82.5 Å². The minimum Gasteiger partial charge on any atom is -0.459 e. The maximum absolute atomic E-state index is 14.5. The van der Waals surface area contributed by atoms with Crippen molar-refractivity contribution in [2.75, 3.05) is 6.61 Å². The number of nitrogens with zero attached hydrogens (tertiary/aromatic N) is 3. The summed E-state index contributed by atoms with van der Waals surface area (Å²) in [5, 5.41) is 3.23. The van der Waals surface area contributed by atoms with Gasteiger partial charge >= 0.3 is 12.1 Å². The molecule has 0 aliphatic carbocycles. The Bertz CT molecular complexity index is 1050.